The van der Waals surface area contributed by atoms with Crippen LogP contribution in [0.4, 0.5) is 10.2 Å². The molecule has 27 heavy (non-hydrogen) atoms. The van der Waals surface area contributed by atoms with Crippen molar-refractivity contribution in [3.63, 3.8) is 0 Å². The first-order valence-electron chi connectivity index (χ1n) is 8.62. The van der Waals surface area contributed by atoms with Gasteiger partial charge in [0.25, 0.3) is 5.91 Å². The normalized spacial score (nSPS) is 14.4. The summed E-state index contributed by atoms with van der Waals surface area (Å²) in [6, 6.07) is 13.9. The summed E-state index contributed by atoms with van der Waals surface area (Å²) in [6.07, 6.45) is 1.63. The van der Waals surface area contributed by atoms with Crippen LogP contribution in [-0.2, 0) is 0 Å². The van der Waals surface area contributed by atoms with E-state index in [1.165, 1.54) is 17.4 Å². The molecular weight excluding hydrogens is 385 g/mol. The number of hydrogen-bond acceptors (Lipinski definition) is 4. The molecule has 0 saturated carbocycles. The van der Waals surface area contributed by atoms with Crippen molar-refractivity contribution in [3.05, 3.63) is 70.4 Å². The van der Waals surface area contributed by atoms with Gasteiger partial charge < -0.3 is 9.80 Å². The van der Waals surface area contributed by atoms with E-state index in [2.05, 4.69) is 9.88 Å². The highest BCUT2D eigenvalue weighted by Gasteiger charge is 2.24. The predicted octanol–water partition coefficient (Wildman–Crippen LogP) is 4.57. The number of piperazine rings is 1. The second-order valence-electron chi connectivity index (χ2n) is 6.26. The van der Waals surface area contributed by atoms with E-state index in [9.17, 15) is 9.18 Å². The molecule has 0 N–H and O–H groups in total. The Morgan fingerprint density at radius 3 is 2.52 bits per heavy atom. The Morgan fingerprint density at radius 2 is 1.81 bits per heavy atom. The van der Waals surface area contributed by atoms with Crippen LogP contribution < -0.4 is 4.90 Å². The first kappa shape index (κ1) is 17.9. The molecule has 3 aromatic rings. The molecule has 4 rings (SSSR count). The summed E-state index contributed by atoms with van der Waals surface area (Å²) in [5, 5.41) is 0.607. The van der Waals surface area contributed by atoms with Crippen LogP contribution in [0.25, 0.3) is 10.4 Å². The summed E-state index contributed by atoms with van der Waals surface area (Å²) in [5.74, 6) is 0.582. The van der Waals surface area contributed by atoms with Gasteiger partial charge in [-0.25, -0.2) is 9.37 Å². The fraction of sp³-hybridized carbons (Fsp3) is 0.200. The zero-order valence-electron chi connectivity index (χ0n) is 14.4. The van der Waals surface area contributed by atoms with Crippen molar-refractivity contribution in [2.45, 2.75) is 0 Å². The van der Waals surface area contributed by atoms with Crippen molar-refractivity contribution in [1.82, 2.24) is 9.88 Å². The molecule has 1 saturated heterocycles. The molecule has 0 bridgehead atoms. The topological polar surface area (TPSA) is 36.4 Å². The Labute approximate surface area is 165 Å². The smallest absolute Gasteiger partial charge is 0.264 e. The maximum atomic E-state index is 14.0. The predicted molar refractivity (Wildman–Crippen MR) is 107 cm³/mol. The highest BCUT2D eigenvalue weighted by molar-refractivity contribution is 7.17. The van der Waals surface area contributed by atoms with E-state index >= 15 is 0 Å². The zero-order valence-corrected chi connectivity index (χ0v) is 16.0. The number of carbonyl (C=O) groups excluding carboxylic acids is 1. The van der Waals surface area contributed by atoms with Gasteiger partial charge in [-0.05, 0) is 30.3 Å². The Morgan fingerprint density at radius 1 is 1.04 bits per heavy atom. The van der Waals surface area contributed by atoms with Crippen LogP contribution in [-0.4, -0.2) is 42.0 Å². The molecule has 1 aliphatic heterocycles. The van der Waals surface area contributed by atoms with E-state index in [0.717, 1.165) is 10.7 Å². The van der Waals surface area contributed by atoms with Crippen LogP contribution in [0.5, 0.6) is 0 Å². The number of amides is 1. The van der Waals surface area contributed by atoms with Crippen molar-refractivity contribution in [3.8, 4) is 10.4 Å². The van der Waals surface area contributed by atoms with E-state index in [1.807, 2.05) is 23.1 Å². The number of carbonyl (C=O) groups is 1. The summed E-state index contributed by atoms with van der Waals surface area (Å²) < 4.78 is 14.0. The SMILES string of the molecule is O=C(c1ccc(-c2ccccc2F)s1)N1CCN(c2ccc(Cl)cn2)CC1. The van der Waals surface area contributed by atoms with Crippen LogP contribution in [0.15, 0.2) is 54.7 Å². The number of nitrogens with zero attached hydrogens (tertiary/aromatic N) is 3. The highest BCUT2D eigenvalue weighted by Crippen LogP contribution is 2.31. The maximum Gasteiger partial charge on any atom is 0.264 e. The van der Waals surface area contributed by atoms with E-state index in [4.69, 9.17) is 11.6 Å². The van der Waals surface area contributed by atoms with Gasteiger partial charge in [-0.1, -0.05) is 29.8 Å². The third-order valence-electron chi connectivity index (χ3n) is 4.56. The fourth-order valence-corrected chi connectivity index (χ4v) is 4.22. The molecule has 2 aromatic heterocycles. The van der Waals surface area contributed by atoms with Gasteiger partial charge in [0, 0.05) is 42.8 Å². The number of halogens is 2. The van der Waals surface area contributed by atoms with Crippen LogP contribution in [0.2, 0.25) is 5.02 Å². The number of rotatable bonds is 3. The largest absolute Gasteiger partial charge is 0.353 e. The number of anilines is 1. The molecule has 0 unspecified atom stereocenters. The molecule has 138 valence electrons. The third kappa shape index (κ3) is 3.82. The van der Waals surface area contributed by atoms with Crippen molar-refractivity contribution in [1.29, 1.82) is 0 Å². The highest BCUT2D eigenvalue weighted by atomic mass is 35.5. The Bertz CT molecular complexity index is 952. The molecule has 3 heterocycles. The van der Waals surface area contributed by atoms with E-state index in [-0.39, 0.29) is 11.7 Å². The standard InChI is InChI=1S/C20H17ClFN3OS/c21-14-5-8-19(23-13-14)24-9-11-25(12-10-24)20(26)18-7-6-17(27-18)15-3-1-2-4-16(15)22/h1-8,13H,9-12H2. The average molecular weight is 402 g/mol. The lowest BCUT2D eigenvalue weighted by Crippen LogP contribution is -2.48. The van der Waals surface area contributed by atoms with Gasteiger partial charge in [0.15, 0.2) is 0 Å². The minimum atomic E-state index is -0.276. The van der Waals surface area contributed by atoms with E-state index in [1.54, 1.807) is 30.5 Å². The van der Waals surface area contributed by atoms with Crippen molar-refractivity contribution < 1.29 is 9.18 Å². The molecule has 1 aliphatic rings. The van der Waals surface area contributed by atoms with E-state index in [0.29, 0.717) is 41.6 Å². The lowest BCUT2D eigenvalue weighted by atomic mass is 10.2. The van der Waals surface area contributed by atoms with Gasteiger partial charge in [-0.2, -0.15) is 0 Å². The Kier molecular flexibility index (Phi) is 5.09. The Hall–Kier alpha value is -2.44. The number of aromatic nitrogens is 1. The second kappa shape index (κ2) is 7.66. The summed E-state index contributed by atoms with van der Waals surface area (Å²) in [6.45, 7) is 2.67. The molecule has 0 spiro atoms. The minimum absolute atomic E-state index is 0.00805. The van der Waals surface area contributed by atoms with Crippen LogP contribution in [0.1, 0.15) is 9.67 Å². The molecule has 0 radical (unpaired) electrons. The molecule has 7 heteroatoms. The first-order valence-corrected chi connectivity index (χ1v) is 9.82. The van der Waals surface area contributed by atoms with Crippen LogP contribution >= 0.6 is 22.9 Å². The van der Waals surface area contributed by atoms with Crippen LogP contribution in [0, 0.1) is 5.82 Å². The van der Waals surface area contributed by atoms with Crippen LogP contribution in [0.3, 0.4) is 0 Å². The number of thiophene rings is 1. The summed E-state index contributed by atoms with van der Waals surface area (Å²) in [5.41, 5.74) is 0.528. The number of hydrogen-bond donors (Lipinski definition) is 0. The van der Waals surface area contributed by atoms with Crippen molar-refractivity contribution in [2.24, 2.45) is 0 Å². The molecule has 1 amide bonds. The Balaban J connectivity index is 1.43. The summed E-state index contributed by atoms with van der Waals surface area (Å²) in [7, 11) is 0. The van der Waals surface area contributed by atoms with Gasteiger partial charge in [0.2, 0.25) is 0 Å². The summed E-state index contributed by atoms with van der Waals surface area (Å²) >= 11 is 7.21. The third-order valence-corrected chi connectivity index (χ3v) is 5.89. The quantitative estimate of drug-likeness (QED) is 0.645. The number of benzene rings is 1. The fourth-order valence-electron chi connectivity index (χ4n) is 3.11. The molecule has 0 aliphatic carbocycles. The maximum absolute atomic E-state index is 14.0. The molecule has 0 atom stereocenters. The monoisotopic (exact) mass is 401 g/mol. The van der Waals surface area contributed by atoms with E-state index < -0.39 is 0 Å². The average Bonchev–Trinajstić information content (AvgIpc) is 3.18. The van der Waals surface area contributed by atoms with Gasteiger partial charge >= 0.3 is 0 Å². The molecule has 4 nitrogen and oxygen atoms in total. The van der Waals surface area contributed by atoms with Gasteiger partial charge in [0.05, 0.1) is 9.90 Å². The lowest BCUT2D eigenvalue weighted by molar-refractivity contribution is 0.0751. The molecular formula is C20H17ClFN3OS. The van der Waals surface area contributed by atoms with Gasteiger partial charge in [-0.3, -0.25) is 4.79 Å². The molecule has 1 fully saturated rings. The van der Waals surface area contributed by atoms with Gasteiger partial charge in [-0.15, -0.1) is 11.3 Å². The van der Waals surface area contributed by atoms with Crippen molar-refractivity contribution in [2.75, 3.05) is 31.1 Å². The zero-order chi connectivity index (χ0) is 18.8. The van der Waals surface area contributed by atoms with Crippen molar-refractivity contribution >= 4 is 34.7 Å². The lowest BCUT2D eigenvalue weighted by Gasteiger charge is -2.35. The first-order chi connectivity index (χ1) is 13.1. The summed E-state index contributed by atoms with van der Waals surface area (Å²) in [4.78, 5) is 22.5. The number of pyridine rings is 1. The second-order valence-corrected chi connectivity index (χ2v) is 7.78. The van der Waals surface area contributed by atoms with Gasteiger partial charge in [0.1, 0.15) is 11.6 Å². The minimum Gasteiger partial charge on any atom is -0.353 e. The molecule has 1 aromatic carbocycles.